The van der Waals surface area contributed by atoms with E-state index < -0.39 is 45.0 Å². The third-order valence-electron chi connectivity index (χ3n) is 2.98. The molecule has 1 fully saturated rings. The summed E-state index contributed by atoms with van der Waals surface area (Å²) >= 11 is 0. The number of hydrogen-bond acceptors (Lipinski definition) is 4. The monoisotopic (exact) mass is 313 g/mol. The molecule has 0 bridgehead atoms. The molecule has 1 saturated carbocycles. The Morgan fingerprint density at radius 1 is 1.35 bits per heavy atom. The molecule has 1 aromatic rings. The summed E-state index contributed by atoms with van der Waals surface area (Å²) in [7, 11) is -4.15. The summed E-state index contributed by atoms with van der Waals surface area (Å²) in [6.45, 7) is 0. The highest BCUT2D eigenvalue weighted by Crippen LogP contribution is 2.41. The van der Waals surface area contributed by atoms with Crippen LogP contribution in [0.3, 0.4) is 0 Å². The van der Waals surface area contributed by atoms with Crippen molar-refractivity contribution < 1.29 is 35.9 Å². The van der Waals surface area contributed by atoms with Gasteiger partial charge in [0.15, 0.2) is 0 Å². The van der Waals surface area contributed by atoms with Crippen LogP contribution in [-0.2, 0) is 10.0 Å². The number of carbonyl (C=O) groups is 1. The van der Waals surface area contributed by atoms with Gasteiger partial charge in [-0.05, 0) is 25.0 Å². The van der Waals surface area contributed by atoms with Crippen molar-refractivity contribution in [3.05, 3.63) is 17.9 Å². The van der Waals surface area contributed by atoms with Crippen LogP contribution in [-0.4, -0.2) is 31.7 Å². The maximum atomic E-state index is 12.3. The molecule has 2 N–H and O–H groups in total. The summed E-state index contributed by atoms with van der Waals surface area (Å²) < 4.78 is 66.9. The van der Waals surface area contributed by atoms with E-state index in [9.17, 15) is 26.4 Å². The highest BCUT2D eigenvalue weighted by molar-refractivity contribution is 7.89. The minimum atomic E-state index is -4.33. The summed E-state index contributed by atoms with van der Waals surface area (Å²) in [5.74, 6) is -3.51. The van der Waals surface area contributed by atoms with E-state index >= 15 is 0 Å². The van der Waals surface area contributed by atoms with Crippen molar-refractivity contribution in [1.29, 1.82) is 0 Å². The van der Waals surface area contributed by atoms with E-state index in [4.69, 9.17) is 5.11 Å². The van der Waals surface area contributed by atoms with Crippen LogP contribution in [0.25, 0.3) is 0 Å². The lowest BCUT2D eigenvalue weighted by Gasteiger charge is -2.36. The number of furan rings is 1. The summed E-state index contributed by atoms with van der Waals surface area (Å²) in [5.41, 5.74) is 0. The Bertz CT molecular complexity index is 615. The average molecular weight is 313 g/mol. The van der Waals surface area contributed by atoms with Crippen LogP contribution in [0.2, 0.25) is 0 Å². The Hall–Kier alpha value is -1.55. The zero-order valence-electron chi connectivity index (χ0n) is 9.85. The van der Waals surface area contributed by atoms with Crippen molar-refractivity contribution in [2.45, 2.75) is 30.2 Å². The van der Waals surface area contributed by atoms with Gasteiger partial charge in [0.1, 0.15) is 0 Å². The van der Waals surface area contributed by atoms with Crippen LogP contribution < -0.4 is 4.72 Å². The first-order valence-electron chi connectivity index (χ1n) is 5.52. The SMILES string of the molecule is O=C(O)c1ccc(S(=O)(=O)NC2CC(C(F)(F)F)C2)o1. The first-order valence-corrected chi connectivity index (χ1v) is 7.00. The van der Waals surface area contributed by atoms with Crippen LogP contribution in [0.5, 0.6) is 0 Å². The van der Waals surface area contributed by atoms with Gasteiger partial charge in [-0.1, -0.05) is 0 Å². The lowest BCUT2D eigenvalue weighted by Crippen LogP contribution is -2.48. The molecule has 0 spiro atoms. The number of aromatic carboxylic acids is 1. The van der Waals surface area contributed by atoms with E-state index in [0.717, 1.165) is 12.1 Å². The predicted octanol–water partition coefficient (Wildman–Crippen LogP) is 1.60. The Balaban J connectivity index is 2.01. The van der Waals surface area contributed by atoms with Gasteiger partial charge in [0.2, 0.25) is 10.9 Å². The van der Waals surface area contributed by atoms with E-state index in [2.05, 4.69) is 4.42 Å². The van der Waals surface area contributed by atoms with E-state index in [0.29, 0.717) is 0 Å². The minimum absolute atomic E-state index is 0.338. The molecule has 112 valence electrons. The highest BCUT2D eigenvalue weighted by Gasteiger charge is 2.48. The van der Waals surface area contributed by atoms with Crippen molar-refractivity contribution in [3.8, 4) is 0 Å². The molecule has 0 unspecified atom stereocenters. The topological polar surface area (TPSA) is 96.6 Å². The Morgan fingerprint density at radius 2 is 1.95 bits per heavy atom. The lowest BCUT2D eigenvalue weighted by molar-refractivity contribution is -0.197. The van der Waals surface area contributed by atoms with Crippen molar-refractivity contribution >= 4 is 16.0 Å². The molecule has 1 heterocycles. The molecule has 0 saturated heterocycles. The van der Waals surface area contributed by atoms with E-state index in [1.54, 1.807) is 0 Å². The molecular weight excluding hydrogens is 303 g/mol. The summed E-state index contributed by atoms with van der Waals surface area (Å²) in [5, 5.41) is 7.96. The Morgan fingerprint density at radius 3 is 2.40 bits per heavy atom. The molecule has 1 aromatic heterocycles. The average Bonchev–Trinajstić information content (AvgIpc) is 2.70. The van der Waals surface area contributed by atoms with E-state index in [1.807, 2.05) is 4.72 Å². The molecule has 0 atom stereocenters. The first kappa shape index (κ1) is 14.9. The normalized spacial score (nSPS) is 23.4. The number of nitrogens with one attached hydrogen (secondary N) is 1. The molecule has 10 heteroatoms. The Labute approximate surface area is 111 Å². The van der Waals surface area contributed by atoms with Gasteiger partial charge in [-0.3, -0.25) is 0 Å². The molecule has 0 amide bonds. The van der Waals surface area contributed by atoms with E-state index in [1.165, 1.54) is 0 Å². The highest BCUT2D eigenvalue weighted by atomic mass is 32.2. The van der Waals surface area contributed by atoms with Crippen molar-refractivity contribution in [3.63, 3.8) is 0 Å². The third-order valence-corrected chi connectivity index (χ3v) is 4.37. The molecule has 0 aliphatic heterocycles. The van der Waals surface area contributed by atoms with E-state index in [-0.39, 0.29) is 12.8 Å². The maximum Gasteiger partial charge on any atom is 0.391 e. The number of sulfonamides is 1. The summed E-state index contributed by atoms with van der Waals surface area (Å²) in [4.78, 5) is 10.6. The van der Waals surface area contributed by atoms with Crippen LogP contribution in [0.15, 0.2) is 21.6 Å². The number of halogens is 3. The second-order valence-electron chi connectivity index (χ2n) is 4.45. The molecule has 20 heavy (non-hydrogen) atoms. The number of hydrogen-bond donors (Lipinski definition) is 2. The van der Waals surface area contributed by atoms with Crippen LogP contribution in [0, 0.1) is 5.92 Å². The van der Waals surface area contributed by atoms with Gasteiger partial charge in [0.05, 0.1) is 5.92 Å². The number of rotatable bonds is 4. The van der Waals surface area contributed by atoms with Gasteiger partial charge >= 0.3 is 12.1 Å². The predicted molar refractivity (Wildman–Crippen MR) is 58.6 cm³/mol. The van der Waals surface area contributed by atoms with Crippen LogP contribution in [0.4, 0.5) is 13.2 Å². The maximum absolute atomic E-state index is 12.3. The number of carboxylic acids is 1. The van der Waals surface area contributed by atoms with Gasteiger partial charge in [-0.2, -0.15) is 13.2 Å². The fourth-order valence-electron chi connectivity index (χ4n) is 1.84. The fourth-order valence-corrected chi connectivity index (χ4v) is 3.03. The van der Waals surface area contributed by atoms with Gasteiger partial charge in [-0.15, -0.1) is 0 Å². The molecule has 6 nitrogen and oxygen atoms in total. The van der Waals surface area contributed by atoms with Crippen LogP contribution >= 0.6 is 0 Å². The second-order valence-corrected chi connectivity index (χ2v) is 6.10. The molecule has 1 aliphatic rings. The molecule has 0 radical (unpaired) electrons. The standard InChI is InChI=1S/C10H10F3NO5S/c11-10(12,13)5-3-6(4-5)14-20(17,18)8-2-1-7(19-8)9(15)16/h1-2,5-6,14H,3-4H2,(H,15,16). The van der Waals surface area contributed by atoms with Gasteiger partial charge < -0.3 is 9.52 Å². The summed E-state index contributed by atoms with van der Waals surface area (Å²) in [6, 6.07) is 1.06. The number of carboxylic acid groups (broad SMARTS) is 1. The van der Waals surface area contributed by atoms with Gasteiger partial charge in [-0.25, -0.2) is 17.9 Å². The van der Waals surface area contributed by atoms with Crippen molar-refractivity contribution in [1.82, 2.24) is 4.72 Å². The quantitative estimate of drug-likeness (QED) is 0.880. The largest absolute Gasteiger partial charge is 0.475 e. The zero-order chi connectivity index (χ0) is 15.1. The first-order chi connectivity index (χ1) is 9.09. The minimum Gasteiger partial charge on any atom is -0.475 e. The third kappa shape index (κ3) is 2.96. The van der Waals surface area contributed by atoms with Gasteiger partial charge in [0.25, 0.3) is 10.0 Å². The summed E-state index contributed by atoms with van der Waals surface area (Å²) in [6.07, 6.45) is -5.01. The van der Waals surface area contributed by atoms with Crippen LogP contribution in [0.1, 0.15) is 23.4 Å². The smallest absolute Gasteiger partial charge is 0.391 e. The van der Waals surface area contributed by atoms with Gasteiger partial charge in [0, 0.05) is 6.04 Å². The second kappa shape index (κ2) is 4.77. The fraction of sp³-hybridized carbons (Fsp3) is 0.500. The van der Waals surface area contributed by atoms with Crippen molar-refractivity contribution in [2.24, 2.45) is 5.92 Å². The molecule has 0 aromatic carbocycles. The molecule has 2 rings (SSSR count). The molecular formula is C10H10F3NO5S. The molecule has 1 aliphatic carbocycles. The number of alkyl halides is 3. The zero-order valence-corrected chi connectivity index (χ0v) is 10.7. The van der Waals surface area contributed by atoms with Crippen molar-refractivity contribution in [2.75, 3.05) is 0 Å². The lowest BCUT2D eigenvalue weighted by atomic mass is 9.80. The Kier molecular flexibility index (Phi) is 3.54.